The third-order valence-corrected chi connectivity index (χ3v) is 3.82. The summed E-state index contributed by atoms with van der Waals surface area (Å²) in [4.78, 5) is 12.3. The van der Waals surface area contributed by atoms with Gasteiger partial charge in [0.25, 0.3) is 0 Å². The van der Waals surface area contributed by atoms with Gasteiger partial charge in [0, 0.05) is 18.0 Å². The number of Topliss-reactive ketones (excluding diaryl/α,β-unsaturated/α-hetero) is 1. The van der Waals surface area contributed by atoms with Crippen molar-refractivity contribution >= 4 is 5.78 Å². The van der Waals surface area contributed by atoms with Gasteiger partial charge in [-0.3, -0.25) is 4.79 Å². The van der Waals surface area contributed by atoms with E-state index in [9.17, 15) is 4.79 Å². The molecule has 2 aliphatic rings. The van der Waals surface area contributed by atoms with Gasteiger partial charge in [-0.25, -0.2) is 0 Å². The van der Waals surface area contributed by atoms with Crippen LogP contribution in [0.15, 0.2) is 24.3 Å². The van der Waals surface area contributed by atoms with Gasteiger partial charge in [-0.15, -0.1) is 0 Å². The minimum absolute atomic E-state index is 0.125. The van der Waals surface area contributed by atoms with Gasteiger partial charge in [0.05, 0.1) is 6.10 Å². The van der Waals surface area contributed by atoms with Crippen molar-refractivity contribution in [2.45, 2.75) is 25.9 Å². The molecule has 1 N–H and O–H groups in total. The van der Waals surface area contributed by atoms with Crippen LogP contribution < -0.4 is 10.1 Å². The maximum atomic E-state index is 12.3. The van der Waals surface area contributed by atoms with Crippen LogP contribution in [0, 0.1) is 11.8 Å². The molecule has 2 atom stereocenters. The first-order valence-corrected chi connectivity index (χ1v) is 6.75. The predicted octanol–water partition coefficient (Wildman–Crippen LogP) is 2.27. The van der Waals surface area contributed by atoms with E-state index in [4.69, 9.17) is 4.74 Å². The number of hydrogen-bond acceptors (Lipinski definition) is 3. The summed E-state index contributed by atoms with van der Waals surface area (Å²) in [7, 11) is 0. The number of carbonyl (C=O) groups excluding carboxylic acids is 1. The molecule has 1 aromatic rings. The zero-order valence-electron chi connectivity index (χ0n) is 10.7. The number of ether oxygens (including phenoxy) is 1. The molecule has 0 amide bonds. The van der Waals surface area contributed by atoms with Crippen LogP contribution in [-0.4, -0.2) is 25.0 Å². The van der Waals surface area contributed by atoms with E-state index in [0.29, 0.717) is 12.0 Å². The monoisotopic (exact) mass is 245 g/mol. The summed E-state index contributed by atoms with van der Waals surface area (Å²) in [6.45, 7) is 3.88. The molecule has 1 saturated heterocycles. The molecule has 1 saturated carbocycles. The van der Waals surface area contributed by atoms with Crippen LogP contribution in [0.5, 0.6) is 5.75 Å². The third kappa shape index (κ3) is 2.41. The summed E-state index contributed by atoms with van der Waals surface area (Å²) in [6.07, 6.45) is 2.73. The molecule has 18 heavy (non-hydrogen) atoms. The average Bonchev–Trinajstić information content (AvgIpc) is 3.09. The van der Waals surface area contributed by atoms with Gasteiger partial charge >= 0.3 is 0 Å². The van der Waals surface area contributed by atoms with Gasteiger partial charge in [0.2, 0.25) is 0 Å². The predicted molar refractivity (Wildman–Crippen MR) is 69.9 cm³/mol. The highest BCUT2D eigenvalue weighted by Crippen LogP contribution is 2.27. The van der Waals surface area contributed by atoms with Crippen LogP contribution >= 0.6 is 0 Å². The molecule has 1 heterocycles. The van der Waals surface area contributed by atoms with Crippen molar-refractivity contribution in [3.63, 3.8) is 0 Å². The Labute approximate surface area is 108 Å². The van der Waals surface area contributed by atoms with E-state index in [0.717, 1.165) is 37.2 Å². The van der Waals surface area contributed by atoms with Gasteiger partial charge in [-0.1, -0.05) is 6.92 Å². The van der Waals surface area contributed by atoms with Crippen molar-refractivity contribution in [3.05, 3.63) is 29.8 Å². The minimum atomic E-state index is 0.125. The molecule has 2 unspecified atom stereocenters. The Kier molecular flexibility index (Phi) is 3.08. The summed E-state index contributed by atoms with van der Waals surface area (Å²) < 4.78 is 5.68. The number of carbonyl (C=O) groups is 1. The first-order valence-electron chi connectivity index (χ1n) is 6.75. The summed E-state index contributed by atoms with van der Waals surface area (Å²) in [6, 6.07) is 7.62. The van der Waals surface area contributed by atoms with Crippen molar-refractivity contribution < 1.29 is 9.53 Å². The fraction of sp³-hybridized carbons (Fsp3) is 0.533. The zero-order valence-corrected chi connectivity index (χ0v) is 10.7. The largest absolute Gasteiger partial charge is 0.490 e. The van der Waals surface area contributed by atoms with E-state index in [1.807, 2.05) is 24.3 Å². The van der Waals surface area contributed by atoms with Crippen molar-refractivity contribution in [1.82, 2.24) is 5.32 Å². The maximum Gasteiger partial charge on any atom is 0.167 e. The van der Waals surface area contributed by atoms with E-state index in [1.54, 1.807) is 0 Å². The van der Waals surface area contributed by atoms with E-state index < -0.39 is 0 Å². The van der Waals surface area contributed by atoms with Gasteiger partial charge in [0.15, 0.2) is 5.78 Å². The summed E-state index contributed by atoms with van der Waals surface area (Å²) in [5, 5.41) is 3.27. The normalized spacial score (nSPS) is 27.2. The zero-order chi connectivity index (χ0) is 12.5. The second-order valence-corrected chi connectivity index (χ2v) is 5.45. The van der Waals surface area contributed by atoms with Crippen LogP contribution in [0.2, 0.25) is 0 Å². The molecular formula is C15H19NO2. The molecule has 96 valence electrons. The highest BCUT2D eigenvalue weighted by atomic mass is 16.5. The van der Waals surface area contributed by atoms with Crippen LogP contribution in [0.3, 0.4) is 0 Å². The van der Waals surface area contributed by atoms with Crippen LogP contribution in [0.1, 0.15) is 30.1 Å². The number of rotatable bonds is 4. The lowest BCUT2D eigenvalue weighted by atomic mass is 9.90. The molecule has 1 aliphatic carbocycles. The first-order chi connectivity index (χ1) is 8.74. The second kappa shape index (κ2) is 4.73. The minimum Gasteiger partial charge on any atom is -0.490 e. The standard InChI is InChI=1S/C15H19NO2/c1-10-8-16-9-14(10)15(17)11-2-4-12(5-3-11)18-13-6-7-13/h2-5,10,13-14,16H,6-9H2,1H3. The van der Waals surface area contributed by atoms with Crippen LogP contribution in [-0.2, 0) is 0 Å². The smallest absolute Gasteiger partial charge is 0.167 e. The van der Waals surface area contributed by atoms with Crippen molar-refractivity contribution in [2.24, 2.45) is 11.8 Å². The van der Waals surface area contributed by atoms with Crippen molar-refractivity contribution in [3.8, 4) is 5.75 Å². The summed E-state index contributed by atoms with van der Waals surface area (Å²) in [5.41, 5.74) is 0.804. The Hall–Kier alpha value is -1.35. The number of ketones is 1. The van der Waals surface area contributed by atoms with Crippen molar-refractivity contribution in [2.75, 3.05) is 13.1 Å². The highest BCUT2D eigenvalue weighted by molar-refractivity contribution is 5.98. The Balaban J connectivity index is 1.69. The lowest BCUT2D eigenvalue weighted by molar-refractivity contribution is 0.0907. The average molecular weight is 245 g/mol. The fourth-order valence-corrected chi connectivity index (χ4v) is 2.45. The molecule has 3 rings (SSSR count). The molecule has 3 heteroatoms. The Bertz CT molecular complexity index is 436. The molecule has 0 aromatic heterocycles. The van der Waals surface area contributed by atoms with Gasteiger partial charge in [-0.05, 0) is 49.6 Å². The van der Waals surface area contributed by atoms with Crippen LogP contribution in [0.4, 0.5) is 0 Å². The molecule has 0 spiro atoms. The summed E-state index contributed by atoms with van der Waals surface area (Å²) in [5.74, 6) is 1.69. The molecule has 1 aromatic carbocycles. The van der Waals surface area contributed by atoms with Gasteiger partial charge in [-0.2, -0.15) is 0 Å². The van der Waals surface area contributed by atoms with E-state index >= 15 is 0 Å². The van der Waals surface area contributed by atoms with E-state index in [1.165, 1.54) is 0 Å². The van der Waals surface area contributed by atoms with E-state index in [2.05, 4.69) is 12.2 Å². The quantitative estimate of drug-likeness (QED) is 0.827. The fourth-order valence-electron chi connectivity index (χ4n) is 2.45. The maximum absolute atomic E-state index is 12.3. The van der Waals surface area contributed by atoms with Gasteiger partial charge < -0.3 is 10.1 Å². The Morgan fingerprint density at radius 2 is 1.94 bits per heavy atom. The molecule has 1 aliphatic heterocycles. The number of benzene rings is 1. The van der Waals surface area contributed by atoms with E-state index in [-0.39, 0.29) is 11.7 Å². The lowest BCUT2D eigenvalue weighted by Crippen LogP contribution is -2.21. The van der Waals surface area contributed by atoms with Crippen molar-refractivity contribution in [1.29, 1.82) is 0 Å². The topological polar surface area (TPSA) is 38.3 Å². The molecule has 0 radical (unpaired) electrons. The molecule has 2 fully saturated rings. The first kappa shape index (κ1) is 11.7. The summed E-state index contributed by atoms with van der Waals surface area (Å²) >= 11 is 0. The second-order valence-electron chi connectivity index (χ2n) is 5.45. The van der Waals surface area contributed by atoms with Gasteiger partial charge in [0.1, 0.15) is 5.75 Å². The Morgan fingerprint density at radius 1 is 1.22 bits per heavy atom. The molecule has 3 nitrogen and oxygen atoms in total. The molecular weight excluding hydrogens is 226 g/mol. The SMILES string of the molecule is CC1CNCC1C(=O)c1ccc(OC2CC2)cc1. The van der Waals surface area contributed by atoms with Crippen LogP contribution in [0.25, 0.3) is 0 Å². The lowest BCUT2D eigenvalue weighted by Gasteiger charge is -2.13. The molecule has 0 bridgehead atoms. The number of hydrogen-bond donors (Lipinski definition) is 1. The highest BCUT2D eigenvalue weighted by Gasteiger charge is 2.30. The Morgan fingerprint density at radius 3 is 2.50 bits per heavy atom. The number of nitrogens with one attached hydrogen (secondary N) is 1. The third-order valence-electron chi connectivity index (χ3n) is 3.82.